The molecule has 1 aliphatic carbocycles. The van der Waals surface area contributed by atoms with Crippen LogP contribution in [0.25, 0.3) is 10.9 Å². The number of nitrogens with one attached hydrogen (secondary N) is 1. The molecule has 1 saturated carbocycles. The summed E-state index contributed by atoms with van der Waals surface area (Å²) in [5.41, 5.74) is 5.10. The van der Waals surface area contributed by atoms with E-state index in [0.29, 0.717) is 17.7 Å². The second-order valence-corrected chi connectivity index (χ2v) is 8.78. The number of aryl methyl sites for hydroxylation is 1. The molecule has 3 aromatic carbocycles. The molecule has 1 aromatic heterocycles. The first-order valence-corrected chi connectivity index (χ1v) is 11.6. The van der Waals surface area contributed by atoms with Crippen LogP contribution in [0.4, 0.5) is 0 Å². The molecule has 161 valence electrons. The minimum Gasteiger partial charge on any atom is -0.494 e. The number of aromatic amines is 1. The fourth-order valence-electron chi connectivity index (χ4n) is 4.16. The van der Waals surface area contributed by atoms with Crippen molar-refractivity contribution in [3.63, 3.8) is 0 Å². The highest BCUT2D eigenvalue weighted by molar-refractivity contribution is 6.16. The number of carbonyl (C=O) groups is 1. The standard InChI is InChI=1S/C29H28NO2/c31-29(27-20-30-28-7-2-1-6-26(27)28)24-14-16-25(17-15-24)32-18-4-3-5-21-8-10-22(11-9-21)19-23-12-13-23/h1-2,7-11,14-17,20,23,30H,3-5,12-13,18-19H2. The molecule has 1 N–H and O–H groups in total. The number of carbonyl (C=O) groups excluding carboxylic acids is 1. The number of ketones is 1. The molecule has 1 aliphatic rings. The van der Waals surface area contributed by atoms with E-state index in [0.717, 1.165) is 41.8 Å². The van der Waals surface area contributed by atoms with Crippen LogP contribution in [0.1, 0.15) is 52.7 Å². The van der Waals surface area contributed by atoms with Crippen molar-refractivity contribution < 1.29 is 9.53 Å². The summed E-state index contributed by atoms with van der Waals surface area (Å²) in [6, 6.07) is 25.4. The average Bonchev–Trinajstić information content (AvgIpc) is 3.55. The molecule has 3 nitrogen and oxygen atoms in total. The number of unbranched alkanes of at least 4 members (excludes halogenated alkanes) is 1. The summed E-state index contributed by atoms with van der Waals surface area (Å²) in [6.07, 6.45) is 9.02. The fraction of sp³-hybridized carbons (Fsp3) is 0.276. The number of fused-ring (bicyclic) bond motifs is 1. The van der Waals surface area contributed by atoms with Crippen LogP contribution < -0.4 is 4.74 Å². The van der Waals surface area contributed by atoms with Gasteiger partial charge in [0.05, 0.1) is 6.61 Å². The first-order valence-electron chi connectivity index (χ1n) is 11.6. The monoisotopic (exact) mass is 422 g/mol. The molecule has 1 radical (unpaired) electrons. The molecular formula is C29H28NO2. The number of benzene rings is 3. The van der Waals surface area contributed by atoms with E-state index in [-0.39, 0.29) is 5.78 Å². The molecule has 0 amide bonds. The number of rotatable bonds is 10. The van der Waals surface area contributed by atoms with Gasteiger partial charge in [-0.25, -0.2) is 0 Å². The highest BCUT2D eigenvalue weighted by atomic mass is 16.5. The Kier molecular flexibility index (Phi) is 6.06. The number of H-pyrrole nitrogens is 1. The van der Waals surface area contributed by atoms with Crippen molar-refractivity contribution in [2.75, 3.05) is 6.61 Å². The Morgan fingerprint density at radius 3 is 2.53 bits per heavy atom. The van der Waals surface area contributed by atoms with Gasteiger partial charge in [0.1, 0.15) is 5.75 Å². The quantitative estimate of drug-likeness (QED) is 0.232. The first kappa shape index (κ1) is 20.6. The van der Waals surface area contributed by atoms with Gasteiger partial charge in [-0.3, -0.25) is 4.79 Å². The fourth-order valence-corrected chi connectivity index (χ4v) is 4.16. The Balaban J connectivity index is 1.07. The van der Waals surface area contributed by atoms with Gasteiger partial charge in [0.25, 0.3) is 0 Å². The minimum atomic E-state index is -0.00611. The van der Waals surface area contributed by atoms with Crippen LogP contribution in [0, 0.1) is 12.0 Å². The smallest absolute Gasteiger partial charge is 0.195 e. The topological polar surface area (TPSA) is 42.1 Å². The summed E-state index contributed by atoms with van der Waals surface area (Å²) < 4.78 is 5.89. The first-order chi connectivity index (χ1) is 15.8. The lowest BCUT2D eigenvalue weighted by molar-refractivity contribution is 0.104. The number of hydrogen-bond donors (Lipinski definition) is 1. The largest absolute Gasteiger partial charge is 0.494 e. The van der Waals surface area contributed by atoms with Crippen LogP contribution in [-0.2, 0) is 12.8 Å². The lowest BCUT2D eigenvalue weighted by Gasteiger charge is -2.08. The molecule has 0 unspecified atom stereocenters. The van der Waals surface area contributed by atoms with Crippen molar-refractivity contribution in [2.24, 2.45) is 5.92 Å². The summed E-state index contributed by atoms with van der Waals surface area (Å²) in [4.78, 5) is 16.0. The Labute approximate surface area is 189 Å². The van der Waals surface area contributed by atoms with E-state index in [4.69, 9.17) is 4.74 Å². The summed E-state index contributed by atoms with van der Waals surface area (Å²) >= 11 is 0. The van der Waals surface area contributed by atoms with Gasteiger partial charge in [0, 0.05) is 28.2 Å². The lowest BCUT2D eigenvalue weighted by atomic mass is 10.0. The van der Waals surface area contributed by atoms with Gasteiger partial charge in [-0.1, -0.05) is 36.4 Å². The molecule has 0 bridgehead atoms. The van der Waals surface area contributed by atoms with Crippen LogP contribution in [0.3, 0.4) is 0 Å². The summed E-state index contributed by atoms with van der Waals surface area (Å²) in [5.74, 6) is 1.74. The molecule has 5 rings (SSSR count). The summed E-state index contributed by atoms with van der Waals surface area (Å²) in [5, 5.41) is 0.829. The average molecular weight is 423 g/mol. The van der Waals surface area contributed by atoms with Crippen LogP contribution in [0.15, 0.2) is 72.9 Å². The maximum Gasteiger partial charge on any atom is 0.195 e. The van der Waals surface area contributed by atoms with E-state index < -0.39 is 0 Å². The zero-order chi connectivity index (χ0) is 21.8. The molecule has 32 heavy (non-hydrogen) atoms. The van der Waals surface area contributed by atoms with Gasteiger partial charge >= 0.3 is 0 Å². The Morgan fingerprint density at radius 1 is 0.969 bits per heavy atom. The van der Waals surface area contributed by atoms with Crippen LogP contribution in [0.5, 0.6) is 5.75 Å². The van der Waals surface area contributed by atoms with Crippen molar-refractivity contribution in [1.29, 1.82) is 0 Å². The molecule has 3 heteroatoms. The van der Waals surface area contributed by atoms with E-state index in [9.17, 15) is 4.79 Å². The predicted octanol–water partition coefficient (Wildman–Crippen LogP) is 6.55. The summed E-state index contributed by atoms with van der Waals surface area (Å²) in [6.45, 7) is 0.685. The molecule has 0 saturated heterocycles. The molecule has 4 aromatic rings. The normalized spacial score (nSPS) is 13.4. The zero-order valence-electron chi connectivity index (χ0n) is 18.3. The van der Waals surface area contributed by atoms with Gasteiger partial charge in [-0.2, -0.15) is 0 Å². The molecule has 1 fully saturated rings. The molecule has 0 spiro atoms. The third-order valence-electron chi connectivity index (χ3n) is 6.23. The van der Waals surface area contributed by atoms with Crippen molar-refractivity contribution in [1.82, 2.24) is 4.98 Å². The predicted molar refractivity (Wildman–Crippen MR) is 128 cm³/mol. The van der Waals surface area contributed by atoms with Crippen LogP contribution >= 0.6 is 0 Å². The highest BCUT2D eigenvalue weighted by Crippen LogP contribution is 2.32. The van der Waals surface area contributed by atoms with Crippen LogP contribution in [0.2, 0.25) is 0 Å². The van der Waals surface area contributed by atoms with Gasteiger partial charge in [0.15, 0.2) is 5.78 Å². The third kappa shape index (κ3) is 4.94. The second kappa shape index (κ2) is 9.44. The molecular weight excluding hydrogens is 394 g/mol. The maximum atomic E-state index is 12.9. The molecule has 1 heterocycles. The van der Waals surface area contributed by atoms with E-state index in [1.165, 1.54) is 30.4 Å². The van der Waals surface area contributed by atoms with E-state index in [1.807, 2.05) is 42.5 Å². The minimum absolute atomic E-state index is 0.00611. The lowest BCUT2D eigenvalue weighted by Crippen LogP contribution is -2.02. The van der Waals surface area contributed by atoms with Crippen molar-refractivity contribution in [3.8, 4) is 5.75 Å². The third-order valence-corrected chi connectivity index (χ3v) is 6.23. The Hall–Kier alpha value is -3.33. The molecule has 0 aliphatic heterocycles. The number of ether oxygens (including phenoxy) is 1. The van der Waals surface area contributed by atoms with Gasteiger partial charge < -0.3 is 9.72 Å². The van der Waals surface area contributed by atoms with Gasteiger partial charge in [0.2, 0.25) is 0 Å². The highest BCUT2D eigenvalue weighted by Gasteiger charge is 2.21. The number of hydrogen-bond acceptors (Lipinski definition) is 2. The molecule has 0 atom stereocenters. The zero-order valence-corrected chi connectivity index (χ0v) is 18.3. The van der Waals surface area contributed by atoms with E-state index >= 15 is 0 Å². The van der Waals surface area contributed by atoms with E-state index in [1.54, 1.807) is 6.20 Å². The summed E-state index contributed by atoms with van der Waals surface area (Å²) in [7, 11) is 0. The van der Waals surface area contributed by atoms with Gasteiger partial charge in [-0.15, -0.1) is 0 Å². The van der Waals surface area contributed by atoms with Gasteiger partial charge in [-0.05, 0) is 92.0 Å². The Morgan fingerprint density at radius 2 is 1.75 bits per heavy atom. The Bertz CT molecular complexity index is 1180. The second-order valence-electron chi connectivity index (χ2n) is 8.78. The van der Waals surface area contributed by atoms with Crippen molar-refractivity contribution in [2.45, 2.75) is 38.5 Å². The number of aromatic nitrogens is 1. The van der Waals surface area contributed by atoms with Crippen molar-refractivity contribution >= 4 is 16.7 Å². The van der Waals surface area contributed by atoms with Crippen molar-refractivity contribution in [3.05, 3.63) is 101 Å². The SMILES string of the molecule is O=C(c1ccc(OCCCCc2ccc(CC3CC3)cc2)cc1)c1c[nH]c2ccc[c]c12. The maximum absolute atomic E-state index is 12.9. The van der Waals surface area contributed by atoms with Crippen LogP contribution in [-0.4, -0.2) is 17.4 Å². The van der Waals surface area contributed by atoms with E-state index in [2.05, 4.69) is 35.3 Å².